The first kappa shape index (κ1) is 17.6. The van der Waals surface area contributed by atoms with Gasteiger partial charge >= 0.3 is 0 Å². The van der Waals surface area contributed by atoms with Crippen LogP contribution in [0.3, 0.4) is 0 Å². The molecule has 0 spiro atoms. The predicted octanol–water partition coefficient (Wildman–Crippen LogP) is 4.18. The largest absolute Gasteiger partial charge is 0.489 e. The van der Waals surface area contributed by atoms with Crippen LogP contribution in [0.2, 0.25) is 0 Å². The standard InChI is InChI=1S/C20H16N2O3S2/c1-14-2-9-20(26-14)27(23,24)22-10-11-25-19-8-7-17(12-18(19)22)16-5-3-15(13-21)4-6-16/h2-9,12H,10-11H2,1H3. The van der Waals surface area contributed by atoms with Gasteiger partial charge in [0.2, 0.25) is 0 Å². The molecular formula is C20H16N2O3S2. The predicted molar refractivity (Wildman–Crippen MR) is 106 cm³/mol. The fraction of sp³-hybridized carbons (Fsp3) is 0.150. The maximum atomic E-state index is 13.1. The maximum Gasteiger partial charge on any atom is 0.274 e. The third-order valence-electron chi connectivity index (χ3n) is 4.39. The van der Waals surface area contributed by atoms with E-state index >= 15 is 0 Å². The highest BCUT2D eigenvalue weighted by Gasteiger charge is 2.31. The molecule has 4 rings (SSSR count). The minimum atomic E-state index is -3.64. The summed E-state index contributed by atoms with van der Waals surface area (Å²) in [5.41, 5.74) is 2.89. The van der Waals surface area contributed by atoms with E-state index in [1.165, 1.54) is 15.6 Å². The first-order valence-corrected chi connectivity index (χ1v) is 10.6. The molecule has 0 bridgehead atoms. The number of nitrogens with zero attached hydrogens (tertiary/aromatic N) is 2. The van der Waals surface area contributed by atoms with Crippen molar-refractivity contribution in [2.24, 2.45) is 0 Å². The molecule has 136 valence electrons. The van der Waals surface area contributed by atoms with Gasteiger partial charge in [0, 0.05) is 4.88 Å². The number of thiophene rings is 1. The van der Waals surface area contributed by atoms with Crippen LogP contribution in [0.15, 0.2) is 58.8 Å². The fourth-order valence-corrected chi connectivity index (χ4v) is 5.87. The minimum Gasteiger partial charge on any atom is -0.489 e. The van der Waals surface area contributed by atoms with Crippen molar-refractivity contribution >= 4 is 27.0 Å². The maximum absolute atomic E-state index is 13.1. The molecule has 0 amide bonds. The van der Waals surface area contributed by atoms with Gasteiger partial charge in [0.1, 0.15) is 16.6 Å². The van der Waals surface area contributed by atoms with Gasteiger partial charge in [0.25, 0.3) is 10.0 Å². The van der Waals surface area contributed by atoms with Gasteiger partial charge in [-0.15, -0.1) is 11.3 Å². The van der Waals surface area contributed by atoms with Crippen molar-refractivity contribution in [1.29, 1.82) is 5.26 Å². The van der Waals surface area contributed by atoms with E-state index in [-0.39, 0.29) is 6.54 Å². The van der Waals surface area contributed by atoms with Crippen LogP contribution in [0.5, 0.6) is 5.75 Å². The summed E-state index contributed by atoms with van der Waals surface area (Å²) in [5.74, 6) is 0.551. The Kier molecular flexibility index (Phi) is 4.38. The Morgan fingerprint density at radius 3 is 2.48 bits per heavy atom. The van der Waals surface area contributed by atoms with E-state index in [0.29, 0.717) is 27.8 Å². The van der Waals surface area contributed by atoms with Crippen LogP contribution < -0.4 is 9.04 Å². The topological polar surface area (TPSA) is 70.4 Å². The summed E-state index contributed by atoms with van der Waals surface area (Å²) in [6.07, 6.45) is 0. The summed E-state index contributed by atoms with van der Waals surface area (Å²) in [6, 6.07) is 18.3. The molecule has 5 nitrogen and oxygen atoms in total. The van der Waals surface area contributed by atoms with Crippen LogP contribution >= 0.6 is 11.3 Å². The molecule has 0 atom stereocenters. The Morgan fingerprint density at radius 2 is 1.81 bits per heavy atom. The average molecular weight is 396 g/mol. The minimum absolute atomic E-state index is 0.267. The molecule has 0 unspecified atom stereocenters. The molecule has 7 heteroatoms. The number of anilines is 1. The molecule has 27 heavy (non-hydrogen) atoms. The molecule has 0 N–H and O–H groups in total. The van der Waals surface area contributed by atoms with Crippen molar-refractivity contribution < 1.29 is 13.2 Å². The van der Waals surface area contributed by atoms with Crippen LogP contribution in [0, 0.1) is 18.3 Å². The lowest BCUT2D eigenvalue weighted by Gasteiger charge is -2.30. The summed E-state index contributed by atoms with van der Waals surface area (Å²) in [4.78, 5) is 0.952. The van der Waals surface area contributed by atoms with Crippen LogP contribution in [-0.4, -0.2) is 21.6 Å². The SMILES string of the molecule is Cc1ccc(S(=O)(=O)N2CCOc3ccc(-c4ccc(C#N)cc4)cc32)s1. The van der Waals surface area contributed by atoms with Crippen molar-refractivity contribution in [3.05, 3.63) is 65.0 Å². The second-order valence-corrected chi connectivity index (χ2v) is 9.54. The molecule has 0 radical (unpaired) electrons. The Labute approximate surface area is 162 Å². The molecule has 0 saturated heterocycles. The Balaban J connectivity index is 1.78. The Bertz CT molecular complexity index is 1140. The van der Waals surface area contributed by atoms with Gasteiger partial charge in [0.15, 0.2) is 0 Å². The van der Waals surface area contributed by atoms with Crippen LogP contribution in [0.1, 0.15) is 10.4 Å². The summed E-state index contributed by atoms with van der Waals surface area (Å²) in [7, 11) is -3.64. The van der Waals surface area contributed by atoms with Crippen molar-refractivity contribution in [2.45, 2.75) is 11.1 Å². The van der Waals surface area contributed by atoms with Crippen molar-refractivity contribution in [1.82, 2.24) is 0 Å². The van der Waals surface area contributed by atoms with E-state index in [2.05, 4.69) is 6.07 Å². The molecule has 1 aliphatic rings. The van der Waals surface area contributed by atoms with E-state index in [4.69, 9.17) is 10.00 Å². The van der Waals surface area contributed by atoms with Crippen molar-refractivity contribution in [3.63, 3.8) is 0 Å². The van der Waals surface area contributed by atoms with E-state index in [1.807, 2.05) is 37.3 Å². The lowest BCUT2D eigenvalue weighted by atomic mass is 10.0. The van der Waals surface area contributed by atoms with Crippen LogP contribution in [0.25, 0.3) is 11.1 Å². The lowest BCUT2D eigenvalue weighted by Crippen LogP contribution is -2.37. The number of rotatable bonds is 3. The second kappa shape index (κ2) is 6.72. The second-order valence-electron chi connectivity index (χ2n) is 6.16. The quantitative estimate of drug-likeness (QED) is 0.666. The monoisotopic (exact) mass is 396 g/mol. The zero-order chi connectivity index (χ0) is 19.0. The highest BCUT2D eigenvalue weighted by atomic mass is 32.2. The number of benzene rings is 2. The smallest absolute Gasteiger partial charge is 0.274 e. The van der Waals surface area contributed by atoms with Crippen LogP contribution in [0.4, 0.5) is 5.69 Å². The third-order valence-corrected chi connectivity index (χ3v) is 7.67. The summed E-state index contributed by atoms with van der Waals surface area (Å²) < 4.78 is 33.7. The normalized spacial score (nSPS) is 13.6. The molecule has 0 fully saturated rings. The van der Waals surface area contributed by atoms with E-state index in [9.17, 15) is 8.42 Å². The number of nitriles is 1. The molecule has 3 aromatic rings. The Morgan fingerprint density at radius 1 is 1.07 bits per heavy atom. The number of hydrogen-bond acceptors (Lipinski definition) is 5. The van der Waals surface area contributed by atoms with Crippen LogP contribution in [-0.2, 0) is 10.0 Å². The third kappa shape index (κ3) is 3.18. The van der Waals surface area contributed by atoms with Gasteiger partial charge < -0.3 is 4.74 Å². The van der Waals surface area contributed by atoms with E-state index in [1.54, 1.807) is 24.3 Å². The molecule has 2 aromatic carbocycles. The first-order valence-electron chi connectivity index (χ1n) is 8.35. The van der Waals surface area contributed by atoms with E-state index < -0.39 is 10.0 Å². The van der Waals surface area contributed by atoms with Gasteiger partial charge in [-0.1, -0.05) is 18.2 Å². The number of fused-ring (bicyclic) bond motifs is 1. The lowest BCUT2D eigenvalue weighted by molar-refractivity contribution is 0.316. The van der Waals surface area contributed by atoms with E-state index in [0.717, 1.165) is 16.0 Å². The number of ether oxygens (including phenoxy) is 1. The van der Waals surface area contributed by atoms with Gasteiger partial charge in [-0.25, -0.2) is 8.42 Å². The average Bonchev–Trinajstić information content (AvgIpc) is 3.14. The fourth-order valence-electron chi connectivity index (χ4n) is 3.02. The highest BCUT2D eigenvalue weighted by Crippen LogP contribution is 2.39. The zero-order valence-electron chi connectivity index (χ0n) is 14.5. The number of sulfonamides is 1. The molecule has 1 aromatic heterocycles. The molecule has 0 aliphatic carbocycles. The van der Waals surface area contributed by atoms with Gasteiger partial charge in [-0.05, 0) is 54.4 Å². The zero-order valence-corrected chi connectivity index (χ0v) is 16.2. The molecule has 2 heterocycles. The Hall–Kier alpha value is -2.82. The van der Waals surface area contributed by atoms with Crippen molar-refractivity contribution in [2.75, 3.05) is 17.5 Å². The molecular weight excluding hydrogens is 380 g/mol. The number of aryl methyl sites for hydroxylation is 1. The van der Waals surface area contributed by atoms with Crippen molar-refractivity contribution in [3.8, 4) is 22.9 Å². The number of hydrogen-bond donors (Lipinski definition) is 0. The first-order chi connectivity index (χ1) is 13.0. The van der Waals surface area contributed by atoms with Gasteiger partial charge in [-0.3, -0.25) is 4.31 Å². The summed E-state index contributed by atoms with van der Waals surface area (Å²) >= 11 is 1.27. The molecule has 0 saturated carbocycles. The highest BCUT2D eigenvalue weighted by molar-refractivity contribution is 7.94. The van der Waals surface area contributed by atoms with Gasteiger partial charge in [-0.2, -0.15) is 5.26 Å². The molecule has 1 aliphatic heterocycles. The summed E-state index contributed by atoms with van der Waals surface area (Å²) in [6.45, 7) is 2.47. The van der Waals surface area contributed by atoms with Gasteiger partial charge in [0.05, 0.1) is 23.9 Å². The summed E-state index contributed by atoms with van der Waals surface area (Å²) in [5, 5.41) is 8.95.